The van der Waals surface area contributed by atoms with Crippen LogP contribution >= 0.6 is 0 Å². The maximum absolute atomic E-state index is 11.7. The Morgan fingerprint density at radius 3 is 2.72 bits per heavy atom. The molecule has 1 heterocycles. The van der Waals surface area contributed by atoms with Crippen molar-refractivity contribution in [2.45, 2.75) is 59.3 Å². The zero-order valence-corrected chi connectivity index (χ0v) is 11.9. The summed E-state index contributed by atoms with van der Waals surface area (Å²) in [5.41, 5.74) is 1.22. The lowest BCUT2D eigenvalue weighted by atomic mass is 10.2. The fourth-order valence-corrected chi connectivity index (χ4v) is 1.83. The summed E-state index contributed by atoms with van der Waals surface area (Å²) in [7, 11) is 0. The predicted octanol–water partition coefficient (Wildman–Crippen LogP) is 1.90. The van der Waals surface area contributed by atoms with Gasteiger partial charge in [0.05, 0.1) is 6.04 Å². The monoisotopic (exact) mass is 251 g/mol. The fourth-order valence-electron chi connectivity index (χ4n) is 1.83. The van der Waals surface area contributed by atoms with E-state index >= 15 is 0 Å². The first-order chi connectivity index (χ1) is 8.54. The molecule has 0 spiro atoms. The van der Waals surface area contributed by atoms with Gasteiger partial charge in [0.1, 0.15) is 0 Å². The van der Waals surface area contributed by atoms with Gasteiger partial charge in [-0.15, -0.1) is 0 Å². The minimum atomic E-state index is -0.169. The molecule has 2 N–H and O–H groups in total. The quantitative estimate of drug-likeness (QED) is 0.777. The Labute approximate surface area is 110 Å². The second kappa shape index (κ2) is 7.21. The number of nitrogens with one attached hydrogen (secondary N) is 2. The molecule has 0 saturated carbocycles. The number of aryl methyl sites for hydroxylation is 1. The molecule has 0 aromatic carbocycles. The molecular formula is C14H25N3O. The Bertz CT molecular complexity index is 371. The molecule has 4 nitrogen and oxygen atoms in total. The molecule has 1 amide bonds. The lowest BCUT2D eigenvalue weighted by Gasteiger charge is -2.16. The smallest absolute Gasteiger partial charge is 0.237 e. The number of carbonyl (C=O) groups excluding carboxylic acids is 1. The van der Waals surface area contributed by atoms with Crippen LogP contribution in [0.15, 0.2) is 18.3 Å². The molecule has 0 fully saturated rings. The number of aromatic nitrogens is 1. The molecule has 18 heavy (non-hydrogen) atoms. The van der Waals surface area contributed by atoms with Crippen molar-refractivity contribution in [3.8, 4) is 0 Å². The second-order valence-electron chi connectivity index (χ2n) is 4.96. The summed E-state index contributed by atoms with van der Waals surface area (Å²) in [4.78, 5) is 11.7. The molecule has 4 heteroatoms. The van der Waals surface area contributed by atoms with Crippen LogP contribution in [0.5, 0.6) is 0 Å². The molecule has 1 aromatic rings. The Morgan fingerprint density at radius 2 is 2.11 bits per heavy atom. The fraction of sp³-hybridized carbons (Fsp3) is 0.643. The van der Waals surface area contributed by atoms with E-state index in [0.29, 0.717) is 0 Å². The maximum Gasteiger partial charge on any atom is 0.237 e. The first kappa shape index (κ1) is 14.8. The van der Waals surface area contributed by atoms with E-state index in [1.807, 2.05) is 26.8 Å². The van der Waals surface area contributed by atoms with Crippen molar-refractivity contribution in [1.29, 1.82) is 0 Å². The van der Waals surface area contributed by atoms with Crippen LogP contribution in [-0.4, -0.2) is 22.6 Å². The van der Waals surface area contributed by atoms with Crippen LogP contribution in [0, 0.1) is 0 Å². The summed E-state index contributed by atoms with van der Waals surface area (Å²) in [6.07, 6.45) is 3.20. The van der Waals surface area contributed by atoms with Gasteiger partial charge < -0.3 is 15.2 Å². The largest absolute Gasteiger partial charge is 0.353 e. The van der Waals surface area contributed by atoms with Gasteiger partial charge in [-0.05, 0) is 39.3 Å². The molecule has 1 atom stereocenters. The van der Waals surface area contributed by atoms with Crippen molar-refractivity contribution >= 4 is 5.91 Å². The van der Waals surface area contributed by atoms with Crippen molar-refractivity contribution in [2.24, 2.45) is 0 Å². The highest BCUT2D eigenvalue weighted by atomic mass is 16.2. The zero-order valence-electron chi connectivity index (χ0n) is 11.9. The third-order valence-corrected chi connectivity index (χ3v) is 2.80. The number of amides is 1. The normalized spacial score (nSPS) is 12.7. The van der Waals surface area contributed by atoms with E-state index < -0.39 is 0 Å². The topological polar surface area (TPSA) is 46.1 Å². The molecule has 102 valence electrons. The summed E-state index contributed by atoms with van der Waals surface area (Å²) in [6, 6.07) is 4.16. The predicted molar refractivity (Wildman–Crippen MR) is 74.3 cm³/mol. The summed E-state index contributed by atoms with van der Waals surface area (Å²) in [5, 5.41) is 6.16. The number of carbonyl (C=O) groups is 1. The number of nitrogens with zero attached hydrogens (tertiary/aromatic N) is 1. The van der Waals surface area contributed by atoms with E-state index in [1.54, 1.807) is 0 Å². The Kier molecular flexibility index (Phi) is 5.92. The molecule has 0 radical (unpaired) electrons. The van der Waals surface area contributed by atoms with Gasteiger partial charge in [0.2, 0.25) is 5.91 Å². The minimum Gasteiger partial charge on any atom is -0.353 e. The molecule has 1 rings (SSSR count). The third-order valence-electron chi connectivity index (χ3n) is 2.80. The van der Waals surface area contributed by atoms with E-state index in [4.69, 9.17) is 0 Å². The van der Waals surface area contributed by atoms with E-state index in [1.165, 1.54) is 5.69 Å². The summed E-state index contributed by atoms with van der Waals surface area (Å²) < 4.78 is 2.22. The van der Waals surface area contributed by atoms with Crippen LogP contribution in [-0.2, 0) is 17.9 Å². The summed E-state index contributed by atoms with van der Waals surface area (Å²) in [5.74, 6) is 0.0543. The highest BCUT2D eigenvalue weighted by Gasteiger charge is 2.13. The van der Waals surface area contributed by atoms with E-state index in [0.717, 1.165) is 19.5 Å². The van der Waals surface area contributed by atoms with Crippen LogP contribution in [0.3, 0.4) is 0 Å². The molecule has 0 bridgehead atoms. The summed E-state index contributed by atoms with van der Waals surface area (Å²) >= 11 is 0. The Balaban J connectivity index is 2.44. The molecule has 0 saturated heterocycles. The maximum atomic E-state index is 11.7. The Hall–Kier alpha value is -1.29. The van der Waals surface area contributed by atoms with Gasteiger partial charge in [-0.1, -0.05) is 6.92 Å². The molecule has 1 unspecified atom stereocenters. The van der Waals surface area contributed by atoms with Gasteiger partial charge in [-0.3, -0.25) is 4.79 Å². The molecule has 1 aromatic heterocycles. The van der Waals surface area contributed by atoms with E-state index in [-0.39, 0.29) is 18.0 Å². The molecule has 0 aliphatic rings. The highest BCUT2D eigenvalue weighted by Crippen LogP contribution is 2.03. The lowest BCUT2D eigenvalue weighted by Crippen LogP contribution is -2.44. The van der Waals surface area contributed by atoms with Crippen molar-refractivity contribution < 1.29 is 4.79 Å². The van der Waals surface area contributed by atoms with Crippen molar-refractivity contribution in [2.75, 3.05) is 0 Å². The van der Waals surface area contributed by atoms with Crippen LogP contribution in [0.2, 0.25) is 0 Å². The zero-order chi connectivity index (χ0) is 13.5. The SMILES string of the molecule is CCCn1cccc1CNC(C)C(=O)NC(C)C. The van der Waals surface area contributed by atoms with Crippen molar-refractivity contribution in [3.05, 3.63) is 24.0 Å². The van der Waals surface area contributed by atoms with Gasteiger partial charge >= 0.3 is 0 Å². The molecular weight excluding hydrogens is 226 g/mol. The van der Waals surface area contributed by atoms with Crippen LogP contribution in [0.1, 0.15) is 39.8 Å². The molecule has 0 aliphatic carbocycles. The van der Waals surface area contributed by atoms with E-state index in [2.05, 4.69) is 34.4 Å². The van der Waals surface area contributed by atoms with Crippen LogP contribution in [0.25, 0.3) is 0 Å². The summed E-state index contributed by atoms with van der Waals surface area (Å²) in [6.45, 7) is 9.74. The van der Waals surface area contributed by atoms with Gasteiger partial charge in [0, 0.05) is 31.0 Å². The lowest BCUT2D eigenvalue weighted by molar-refractivity contribution is -0.123. The Morgan fingerprint density at radius 1 is 1.39 bits per heavy atom. The van der Waals surface area contributed by atoms with Gasteiger partial charge in [0.25, 0.3) is 0 Å². The van der Waals surface area contributed by atoms with Crippen molar-refractivity contribution in [3.63, 3.8) is 0 Å². The average Bonchev–Trinajstić information content (AvgIpc) is 2.73. The van der Waals surface area contributed by atoms with Gasteiger partial charge in [-0.25, -0.2) is 0 Å². The van der Waals surface area contributed by atoms with Gasteiger partial charge in [-0.2, -0.15) is 0 Å². The van der Waals surface area contributed by atoms with Crippen molar-refractivity contribution in [1.82, 2.24) is 15.2 Å². The second-order valence-corrected chi connectivity index (χ2v) is 4.96. The minimum absolute atomic E-state index is 0.0543. The van der Waals surface area contributed by atoms with Gasteiger partial charge in [0.15, 0.2) is 0 Å². The van der Waals surface area contributed by atoms with E-state index in [9.17, 15) is 4.79 Å². The number of hydrogen-bond acceptors (Lipinski definition) is 2. The first-order valence-corrected chi connectivity index (χ1v) is 6.72. The number of hydrogen-bond donors (Lipinski definition) is 2. The van der Waals surface area contributed by atoms with Crippen LogP contribution in [0.4, 0.5) is 0 Å². The van der Waals surface area contributed by atoms with Crippen LogP contribution < -0.4 is 10.6 Å². The third kappa shape index (κ3) is 4.53. The first-order valence-electron chi connectivity index (χ1n) is 6.72. The number of rotatable bonds is 7. The standard InChI is InChI=1S/C14H25N3O/c1-5-8-17-9-6-7-13(17)10-15-12(4)14(18)16-11(2)3/h6-7,9,11-12,15H,5,8,10H2,1-4H3,(H,16,18). The highest BCUT2D eigenvalue weighted by molar-refractivity contribution is 5.81. The average molecular weight is 251 g/mol. The molecule has 0 aliphatic heterocycles.